The Morgan fingerprint density at radius 2 is 1.85 bits per heavy atom. The molecule has 0 unspecified atom stereocenters. The van der Waals surface area contributed by atoms with Crippen LogP contribution >= 0.6 is 0 Å². The highest BCUT2D eigenvalue weighted by molar-refractivity contribution is 7.89. The van der Waals surface area contributed by atoms with Gasteiger partial charge in [-0.2, -0.15) is 4.31 Å². The summed E-state index contributed by atoms with van der Waals surface area (Å²) in [7, 11) is -3.63. The Hall–Kier alpha value is -1.93. The van der Waals surface area contributed by atoms with Crippen molar-refractivity contribution in [1.29, 1.82) is 0 Å². The number of hydrogen-bond donors (Lipinski definition) is 2. The molecule has 0 radical (unpaired) electrons. The minimum Gasteiger partial charge on any atom is -0.354 e. The molecule has 8 heteroatoms. The fraction of sp³-hybridized carbons (Fsp3) is 0.579. The fourth-order valence-electron chi connectivity index (χ4n) is 3.01. The number of rotatable bonds is 7. The van der Waals surface area contributed by atoms with E-state index in [0.29, 0.717) is 25.2 Å². The number of piperidine rings is 1. The number of benzene rings is 1. The third-order valence-electron chi connectivity index (χ3n) is 4.67. The summed E-state index contributed by atoms with van der Waals surface area (Å²) in [5.74, 6) is -0.734. The molecule has 1 heterocycles. The molecule has 0 spiro atoms. The number of aryl methyl sites for hydroxylation is 1. The zero-order chi connectivity index (χ0) is 20.0. The van der Waals surface area contributed by atoms with Crippen LogP contribution in [0.15, 0.2) is 23.1 Å². The lowest BCUT2D eigenvalue weighted by molar-refractivity contribution is -0.122. The van der Waals surface area contributed by atoms with E-state index in [0.717, 1.165) is 25.7 Å². The van der Waals surface area contributed by atoms with E-state index in [1.807, 2.05) is 6.92 Å². The molecule has 150 valence electrons. The van der Waals surface area contributed by atoms with Gasteiger partial charge in [0.05, 0.1) is 4.90 Å². The van der Waals surface area contributed by atoms with Gasteiger partial charge in [-0.1, -0.05) is 19.4 Å². The summed E-state index contributed by atoms with van der Waals surface area (Å²) in [4.78, 5) is 24.6. The molecule has 1 fully saturated rings. The summed E-state index contributed by atoms with van der Waals surface area (Å²) in [6.07, 6.45) is 3.54. The smallest absolute Gasteiger partial charge is 0.251 e. The second-order valence-electron chi connectivity index (χ2n) is 6.93. The van der Waals surface area contributed by atoms with E-state index in [2.05, 4.69) is 10.6 Å². The van der Waals surface area contributed by atoms with Crippen molar-refractivity contribution in [2.24, 2.45) is 0 Å². The van der Waals surface area contributed by atoms with E-state index in [1.165, 1.54) is 10.4 Å². The normalized spacial score (nSPS) is 16.6. The highest BCUT2D eigenvalue weighted by atomic mass is 32.2. The molecule has 0 saturated carbocycles. The van der Waals surface area contributed by atoms with Gasteiger partial charge in [-0.15, -0.1) is 0 Å². The summed E-state index contributed by atoms with van der Waals surface area (Å²) in [6.45, 7) is 6.82. The predicted octanol–water partition coefficient (Wildman–Crippen LogP) is 1.81. The molecule has 1 aliphatic rings. The molecule has 7 nitrogen and oxygen atoms in total. The van der Waals surface area contributed by atoms with Crippen molar-refractivity contribution in [3.63, 3.8) is 0 Å². The van der Waals surface area contributed by atoms with Crippen LogP contribution in [-0.4, -0.2) is 50.2 Å². The van der Waals surface area contributed by atoms with E-state index >= 15 is 0 Å². The molecule has 2 amide bonds. The van der Waals surface area contributed by atoms with Gasteiger partial charge in [0.1, 0.15) is 6.04 Å². The number of carbonyl (C=O) groups excluding carboxylic acids is 2. The third-order valence-corrected chi connectivity index (χ3v) is 6.71. The Morgan fingerprint density at radius 3 is 2.48 bits per heavy atom. The fourth-order valence-corrected chi connectivity index (χ4v) is 4.78. The van der Waals surface area contributed by atoms with Crippen molar-refractivity contribution in [1.82, 2.24) is 14.9 Å². The minimum atomic E-state index is -3.63. The van der Waals surface area contributed by atoms with Gasteiger partial charge in [0.15, 0.2) is 0 Å². The Kier molecular flexibility index (Phi) is 7.38. The van der Waals surface area contributed by atoms with Gasteiger partial charge in [0, 0.05) is 25.2 Å². The van der Waals surface area contributed by atoms with Crippen LogP contribution in [0, 0.1) is 6.92 Å². The quantitative estimate of drug-likeness (QED) is 0.736. The first-order chi connectivity index (χ1) is 12.8. The highest BCUT2D eigenvalue weighted by Crippen LogP contribution is 2.24. The van der Waals surface area contributed by atoms with E-state index < -0.39 is 22.0 Å². The van der Waals surface area contributed by atoms with Crippen LogP contribution in [0.1, 0.15) is 55.5 Å². The monoisotopic (exact) mass is 395 g/mol. The van der Waals surface area contributed by atoms with Gasteiger partial charge in [-0.05, 0) is 50.8 Å². The average Bonchev–Trinajstić information content (AvgIpc) is 2.66. The van der Waals surface area contributed by atoms with Crippen molar-refractivity contribution < 1.29 is 18.0 Å². The van der Waals surface area contributed by atoms with Crippen molar-refractivity contribution in [2.45, 2.75) is 57.4 Å². The van der Waals surface area contributed by atoms with Crippen LogP contribution in [0.25, 0.3) is 0 Å². The van der Waals surface area contributed by atoms with Gasteiger partial charge in [0.25, 0.3) is 5.91 Å². The average molecular weight is 396 g/mol. The molecular formula is C19H29N3O4S. The van der Waals surface area contributed by atoms with Crippen LogP contribution in [0.3, 0.4) is 0 Å². The molecule has 0 aliphatic carbocycles. The van der Waals surface area contributed by atoms with Crippen LogP contribution in [-0.2, 0) is 14.8 Å². The first kappa shape index (κ1) is 21.4. The molecule has 1 saturated heterocycles. The number of hydrogen-bond acceptors (Lipinski definition) is 4. The Balaban J connectivity index is 2.18. The Bertz CT molecular complexity index is 786. The molecule has 1 aliphatic heterocycles. The molecule has 1 atom stereocenters. The Labute approximate surface area is 161 Å². The van der Waals surface area contributed by atoms with Gasteiger partial charge in [0.2, 0.25) is 15.9 Å². The standard InChI is InChI=1S/C19H29N3O4S/c1-4-10-20-18(23)15(3)21-19(24)16-9-8-14(2)17(13-16)27(25,26)22-11-6-5-7-12-22/h8-9,13,15H,4-7,10-12H2,1-3H3,(H,20,23)(H,21,24)/t15-/m1/s1. The largest absolute Gasteiger partial charge is 0.354 e. The van der Waals surface area contributed by atoms with Crippen molar-refractivity contribution >= 4 is 21.8 Å². The van der Waals surface area contributed by atoms with Gasteiger partial charge in [-0.25, -0.2) is 8.42 Å². The minimum absolute atomic E-state index is 0.153. The summed E-state index contributed by atoms with van der Waals surface area (Å²) in [6, 6.07) is 3.92. The summed E-state index contributed by atoms with van der Waals surface area (Å²) in [5, 5.41) is 5.34. The number of nitrogens with one attached hydrogen (secondary N) is 2. The van der Waals surface area contributed by atoms with Crippen molar-refractivity contribution in [3.05, 3.63) is 29.3 Å². The molecule has 0 bridgehead atoms. The number of amides is 2. The van der Waals surface area contributed by atoms with E-state index in [4.69, 9.17) is 0 Å². The summed E-state index contributed by atoms with van der Waals surface area (Å²) >= 11 is 0. The number of nitrogens with zero attached hydrogens (tertiary/aromatic N) is 1. The van der Waals surface area contributed by atoms with Crippen LogP contribution < -0.4 is 10.6 Å². The first-order valence-corrected chi connectivity index (χ1v) is 10.9. The highest BCUT2D eigenvalue weighted by Gasteiger charge is 2.28. The number of sulfonamides is 1. The maximum Gasteiger partial charge on any atom is 0.251 e. The SMILES string of the molecule is CCCNC(=O)[C@@H](C)NC(=O)c1ccc(C)c(S(=O)(=O)N2CCCCC2)c1. The van der Waals surface area contributed by atoms with Crippen LogP contribution in [0.5, 0.6) is 0 Å². The van der Waals surface area contributed by atoms with Gasteiger partial charge >= 0.3 is 0 Å². The van der Waals surface area contributed by atoms with E-state index in [9.17, 15) is 18.0 Å². The molecule has 0 aromatic heterocycles. The topological polar surface area (TPSA) is 95.6 Å². The van der Waals surface area contributed by atoms with Crippen LogP contribution in [0.2, 0.25) is 0 Å². The van der Waals surface area contributed by atoms with Gasteiger partial charge < -0.3 is 10.6 Å². The molecule has 2 N–H and O–H groups in total. The van der Waals surface area contributed by atoms with E-state index in [1.54, 1.807) is 26.0 Å². The lowest BCUT2D eigenvalue weighted by Gasteiger charge is -2.26. The van der Waals surface area contributed by atoms with Crippen LogP contribution in [0.4, 0.5) is 0 Å². The molecular weight excluding hydrogens is 366 g/mol. The zero-order valence-electron chi connectivity index (χ0n) is 16.2. The second kappa shape index (κ2) is 9.32. The summed E-state index contributed by atoms with van der Waals surface area (Å²) in [5.41, 5.74) is 0.831. The van der Waals surface area contributed by atoms with E-state index in [-0.39, 0.29) is 16.4 Å². The molecule has 1 aromatic carbocycles. The Morgan fingerprint density at radius 1 is 1.19 bits per heavy atom. The zero-order valence-corrected chi connectivity index (χ0v) is 17.1. The summed E-state index contributed by atoms with van der Waals surface area (Å²) < 4.78 is 27.4. The first-order valence-electron chi connectivity index (χ1n) is 9.46. The van der Waals surface area contributed by atoms with Gasteiger partial charge in [-0.3, -0.25) is 9.59 Å². The van der Waals surface area contributed by atoms with Crippen molar-refractivity contribution in [3.8, 4) is 0 Å². The number of carbonyl (C=O) groups is 2. The lowest BCUT2D eigenvalue weighted by Crippen LogP contribution is -2.45. The molecule has 1 aromatic rings. The molecule has 27 heavy (non-hydrogen) atoms. The maximum atomic E-state index is 13.0. The molecule has 2 rings (SSSR count). The third kappa shape index (κ3) is 5.29. The lowest BCUT2D eigenvalue weighted by atomic mass is 10.1. The van der Waals surface area contributed by atoms with Crippen molar-refractivity contribution in [2.75, 3.05) is 19.6 Å². The predicted molar refractivity (Wildman–Crippen MR) is 104 cm³/mol. The maximum absolute atomic E-state index is 13.0. The second-order valence-corrected chi connectivity index (χ2v) is 8.84.